The first kappa shape index (κ1) is 15.4. The van der Waals surface area contributed by atoms with Gasteiger partial charge < -0.3 is 0 Å². The first-order chi connectivity index (χ1) is 10.7. The number of carbonyl (C=O) groups is 1. The fourth-order valence-electron chi connectivity index (χ4n) is 1.88. The molecule has 0 radical (unpaired) electrons. The second-order valence-corrected chi connectivity index (χ2v) is 8.24. The summed E-state index contributed by atoms with van der Waals surface area (Å²) in [5, 5.41) is 11.9. The van der Waals surface area contributed by atoms with Crippen LogP contribution in [0.3, 0.4) is 0 Å². The highest BCUT2D eigenvalue weighted by Crippen LogP contribution is 2.33. The van der Waals surface area contributed by atoms with Gasteiger partial charge in [-0.15, -0.1) is 21.5 Å². The zero-order valence-electron chi connectivity index (χ0n) is 12.1. The largest absolute Gasteiger partial charge is 0.300 e. The molecule has 22 heavy (non-hydrogen) atoms. The fourth-order valence-corrected chi connectivity index (χ4v) is 4.71. The Balaban J connectivity index is 1.71. The van der Waals surface area contributed by atoms with Gasteiger partial charge in [0.1, 0.15) is 5.01 Å². The lowest BCUT2D eigenvalue weighted by molar-refractivity contribution is -0.115. The number of benzene rings is 1. The van der Waals surface area contributed by atoms with Gasteiger partial charge in [0, 0.05) is 0 Å². The van der Waals surface area contributed by atoms with Gasteiger partial charge in [0.05, 0.1) is 15.5 Å². The van der Waals surface area contributed by atoms with Crippen LogP contribution in [0.1, 0.15) is 18.4 Å². The number of nitrogens with one attached hydrogen (secondary N) is 1. The van der Waals surface area contributed by atoms with Gasteiger partial charge in [0.2, 0.25) is 11.0 Å². The van der Waals surface area contributed by atoms with Gasteiger partial charge in [0.15, 0.2) is 4.34 Å². The van der Waals surface area contributed by atoms with Crippen molar-refractivity contribution >= 4 is 55.7 Å². The number of hydrogen-bond acceptors (Lipinski definition) is 7. The molecule has 0 aliphatic rings. The molecule has 0 saturated carbocycles. The van der Waals surface area contributed by atoms with Gasteiger partial charge in [0.25, 0.3) is 0 Å². The molecule has 0 bridgehead atoms. The number of nitrogens with zero attached hydrogens (tertiary/aromatic N) is 3. The van der Waals surface area contributed by atoms with E-state index < -0.39 is 0 Å². The van der Waals surface area contributed by atoms with Crippen molar-refractivity contribution in [1.29, 1.82) is 0 Å². The van der Waals surface area contributed by atoms with Crippen molar-refractivity contribution in [2.45, 2.75) is 29.9 Å². The van der Waals surface area contributed by atoms with E-state index >= 15 is 0 Å². The molecule has 114 valence electrons. The van der Waals surface area contributed by atoms with Crippen LogP contribution in [0.4, 0.5) is 5.13 Å². The van der Waals surface area contributed by atoms with E-state index in [1.54, 1.807) is 11.3 Å². The molecule has 0 aliphatic heterocycles. The number of hydrogen-bond donors (Lipinski definition) is 1. The van der Waals surface area contributed by atoms with Crippen LogP contribution in [0, 0.1) is 6.92 Å². The Morgan fingerprint density at radius 3 is 2.82 bits per heavy atom. The molecule has 0 fully saturated rings. The number of aryl methyl sites for hydroxylation is 1. The third-order valence-electron chi connectivity index (χ3n) is 2.94. The summed E-state index contributed by atoms with van der Waals surface area (Å²) < 4.78 is 2.05. The fraction of sp³-hybridized carbons (Fsp3) is 0.286. The molecule has 1 atom stereocenters. The van der Waals surface area contributed by atoms with Gasteiger partial charge in [-0.05, 0) is 25.5 Å². The lowest BCUT2D eigenvalue weighted by atomic mass is 10.3. The van der Waals surface area contributed by atoms with E-state index in [2.05, 4.69) is 20.5 Å². The van der Waals surface area contributed by atoms with Gasteiger partial charge >= 0.3 is 0 Å². The number of thiazole rings is 1. The topological polar surface area (TPSA) is 67.8 Å². The lowest BCUT2D eigenvalue weighted by Gasteiger charge is -2.11. The number of carbonyl (C=O) groups excluding carboxylic acids is 1. The number of aromatic nitrogens is 3. The molecule has 0 saturated heterocycles. The molecule has 8 heteroatoms. The summed E-state index contributed by atoms with van der Waals surface area (Å²) >= 11 is 4.49. The number of rotatable bonds is 5. The predicted molar refractivity (Wildman–Crippen MR) is 92.8 cm³/mol. The SMILES string of the molecule is CC[C@H](Sc1nc2ccccc2s1)C(=O)Nc1nnc(C)s1. The summed E-state index contributed by atoms with van der Waals surface area (Å²) in [6, 6.07) is 8.00. The first-order valence-electron chi connectivity index (χ1n) is 6.79. The van der Waals surface area contributed by atoms with Crippen molar-refractivity contribution in [2.24, 2.45) is 0 Å². The third-order valence-corrected chi connectivity index (χ3v) is 6.19. The number of para-hydroxylation sites is 1. The minimum Gasteiger partial charge on any atom is -0.300 e. The Morgan fingerprint density at radius 1 is 1.32 bits per heavy atom. The highest BCUT2D eigenvalue weighted by molar-refractivity contribution is 8.02. The first-order valence-corrected chi connectivity index (χ1v) is 9.30. The minimum absolute atomic E-state index is 0.0529. The van der Waals surface area contributed by atoms with E-state index in [0.717, 1.165) is 26.0 Å². The molecule has 2 heterocycles. The zero-order chi connectivity index (χ0) is 15.5. The van der Waals surface area contributed by atoms with E-state index in [0.29, 0.717) is 5.13 Å². The summed E-state index contributed by atoms with van der Waals surface area (Å²) in [5.41, 5.74) is 0.977. The van der Waals surface area contributed by atoms with Crippen molar-refractivity contribution in [3.63, 3.8) is 0 Å². The maximum absolute atomic E-state index is 12.4. The zero-order valence-corrected chi connectivity index (χ0v) is 14.5. The monoisotopic (exact) mass is 350 g/mol. The van der Waals surface area contributed by atoms with Crippen molar-refractivity contribution in [3.05, 3.63) is 29.3 Å². The molecule has 0 aliphatic carbocycles. The van der Waals surface area contributed by atoms with Crippen LogP contribution in [0.5, 0.6) is 0 Å². The van der Waals surface area contributed by atoms with Crippen LogP contribution in [0.25, 0.3) is 10.2 Å². The molecule has 1 aromatic carbocycles. The van der Waals surface area contributed by atoms with Crippen molar-refractivity contribution in [3.8, 4) is 0 Å². The van der Waals surface area contributed by atoms with Crippen LogP contribution in [0.2, 0.25) is 0 Å². The van der Waals surface area contributed by atoms with Crippen LogP contribution < -0.4 is 5.32 Å². The van der Waals surface area contributed by atoms with Crippen LogP contribution in [0.15, 0.2) is 28.6 Å². The van der Waals surface area contributed by atoms with Gasteiger partial charge in [-0.25, -0.2) is 4.98 Å². The molecular formula is C14H14N4OS3. The maximum Gasteiger partial charge on any atom is 0.239 e. The Bertz CT molecular complexity index is 765. The van der Waals surface area contributed by atoms with Crippen molar-refractivity contribution in [2.75, 3.05) is 5.32 Å². The van der Waals surface area contributed by atoms with Gasteiger partial charge in [-0.1, -0.05) is 42.2 Å². The normalized spacial score (nSPS) is 12.5. The average molecular weight is 350 g/mol. The second-order valence-electron chi connectivity index (χ2n) is 4.58. The van der Waals surface area contributed by atoms with E-state index in [1.165, 1.54) is 23.1 Å². The molecule has 3 rings (SSSR count). The Morgan fingerprint density at radius 2 is 2.14 bits per heavy atom. The Hall–Kier alpha value is -1.51. The highest BCUT2D eigenvalue weighted by atomic mass is 32.2. The quantitative estimate of drug-likeness (QED) is 0.705. The van der Waals surface area contributed by atoms with E-state index in [4.69, 9.17) is 0 Å². The molecule has 2 aromatic heterocycles. The van der Waals surface area contributed by atoms with Gasteiger partial charge in [-0.2, -0.15) is 0 Å². The van der Waals surface area contributed by atoms with Crippen LogP contribution >= 0.6 is 34.4 Å². The Kier molecular flexibility index (Phi) is 4.70. The summed E-state index contributed by atoms with van der Waals surface area (Å²) in [6.07, 6.45) is 0.726. The smallest absolute Gasteiger partial charge is 0.239 e. The molecule has 5 nitrogen and oxygen atoms in total. The Labute approximate surface area is 140 Å². The second kappa shape index (κ2) is 6.72. The predicted octanol–water partition coefficient (Wildman–Crippen LogP) is 3.97. The number of fused-ring (bicyclic) bond motifs is 1. The molecule has 3 aromatic rings. The summed E-state index contributed by atoms with van der Waals surface area (Å²) in [5.74, 6) is -0.0529. The minimum atomic E-state index is -0.190. The number of thioether (sulfide) groups is 1. The van der Waals surface area contributed by atoms with Gasteiger partial charge in [-0.3, -0.25) is 10.1 Å². The summed E-state index contributed by atoms with van der Waals surface area (Å²) in [6.45, 7) is 3.86. The van der Waals surface area contributed by atoms with E-state index in [1.807, 2.05) is 38.1 Å². The number of amides is 1. The summed E-state index contributed by atoms with van der Waals surface area (Å²) in [4.78, 5) is 16.9. The molecule has 1 N–H and O–H groups in total. The molecule has 0 unspecified atom stereocenters. The average Bonchev–Trinajstić information content (AvgIpc) is 3.10. The van der Waals surface area contributed by atoms with Crippen molar-refractivity contribution in [1.82, 2.24) is 15.2 Å². The van der Waals surface area contributed by atoms with E-state index in [9.17, 15) is 4.79 Å². The standard InChI is InChI=1S/C14H14N4OS3/c1-3-10(12(19)16-13-18-17-8(2)20-13)21-14-15-9-6-4-5-7-11(9)22-14/h4-7,10H,3H2,1-2H3,(H,16,18,19)/t10-/m0/s1. The van der Waals surface area contributed by atoms with Crippen LogP contribution in [-0.2, 0) is 4.79 Å². The number of anilines is 1. The molecule has 0 spiro atoms. The summed E-state index contributed by atoms with van der Waals surface area (Å²) in [7, 11) is 0. The van der Waals surface area contributed by atoms with Crippen molar-refractivity contribution < 1.29 is 4.79 Å². The lowest BCUT2D eigenvalue weighted by Crippen LogP contribution is -2.24. The third kappa shape index (κ3) is 3.45. The van der Waals surface area contributed by atoms with Crippen LogP contribution in [-0.4, -0.2) is 26.3 Å². The van der Waals surface area contributed by atoms with E-state index in [-0.39, 0.29) is 11.2 Å². The maximum atomic E-state index is 12.4. The molecular weight excluding hydrogens is 336 g/mol. The highest BCUT2D eigenvalue weighted by Gasteiger charge is 2.21. The molecule has 1 amide bonds.